The number of hydrogen-bond acceptors (Lipinski definition) is 2. The van der Waals surface area contributed by atoms with Crippen LogP contribution in [-0.4, -0.2) is 0 Å². The van der Waals surface area contributed by atoms with Gasteiger partial charge in [0.1, 0.15) is 0 Å². The Kier molecular flexibility index (Phi) is 3.81. The van der Waals surface area contributed by atoms with Gasteiger partial charge in [0.2, 0.25) is 0 Å². The minimum absolute atomic E-state index is 0.306. The third kappa shape index (κ3) is 2.74. The standard InChI is InChI=1S/C17H16BrNS/c1-11-7-8-14(18)10-15(11)19-12(2)17-9-13-5-3-4-6-16(13)20-17/h3-10,12,19H,1-2H3. The molecule has 0 bridgehead atoms. The van der Waals surface area contributed by atoms with Crippen LogP contribution in [0, 0.1) is 6.92 Å². The molecule has 0 aliphatic rings. The first-order valence-electron chi connectivity index (χ1n) is 6.64. The highest BCUT2D eigenvalue weighted by Gasteiger charge is 2.10. The van der Waals surface area contributed by atoms with E-state index in [-0.39, 0.29) is 0 Å². The molecule has 1 atom stereocenters. The average Bonchev–Trinajstić information content (AvgIpc) is 2.87. The lowest BCUT2D eigenvalue weighted by atomic mass is 10.1. The molecular formula is C17H16BrNS. The smallest absolute Gasteiger partial charge is 0.0579 e. The Morgan fingerprint density at radius 3 is 2.70 bits per heavy atom. The quantitative estimate of drug-likeness (QED) is 0.600. The van der Waals surface area contributed by atoms with Gasteiger partial charge in [-0.3, -0.25) is 0 Å². The van der Waals surface area contributed by atoms with Crippen LogP contribution in [-0.2, 0) is 0 Å². The zero-order valence-corrected chi connectivity index (χ0v) is 13.9. The number of anilines is 1. The zero-order chi connectivity index (χ0) is 14.1. The summed E-state index contributed by atoms with van der Waals surface area (Å²) in [6, 6.07) is 17.5. The number of thiophene rings is 1. The van der Waals surface area contributed by atoms with Crippen LogP contribution in [0.2, 0.25) is 0 Å². The van der Waals surface area contributed by atoms with E-state index in [1.807, 2.05) is 11.3 Å². The molecule has 2 aromatic carbocycles. The maximum atomic E-state index is 3.61. The first kappa shape index (κ1) is 13.7. The minimum Gasteiger partial charge on any atom is -0.377 e. The molecule has 0 saturated carbocycles. The van der Waals surface area contributed by atoms with E-state index in [0.29, 0.717) is 6.04 Å². The molecule has 0 fully saturated rings. The molecule has 0 aliphatic carbocycles. The van der Waals surface area contributed by atoms with Crippen molar-refractivity contribution in [3.8, 4) is 0 Å². The summed E-state index contributed by atoms with van der Waals surface area (Å²) >= 11 is 5.39. The molecule has 1 N–H and O–H groups in total. The van der Waals surface area contributed by atoms with Crippen LogP contribution in [0.25, 0.3) is 10.1 Å². The third-order valence-electron chi connectivity index (χ3n) is 3.44. The number of halogens is 1. The van der Waals surface area contributed by atoms with Gasteiger partial charge < -0.3 is 5.32 Å². The largest absolute Gasteiger partial charge is 0.377 e. The SMILES string of the molecule is Cc1ccc(Br)cc1NC(C)c1cc2ccccc2s1. The Morgan fingerprint density at radius 2 is 1.90 bits per heavy atom. The predicted molar refractivity (Wildman–Crippen MR) is 92.7 cm³/mol. The third-order valence-corrected chi connectivity index (χ3v) is 5.24. The van der Waals surface area contributed by atoms with Gasteiger partial charge in [0.25, 0.3) is 0 Å². The number of hydrogen-bond donors (Lipinski definition) is 1. The van der Waals surface area contributed by atoms with Crippen LogP contribution in [0.4, 0.5) is 5.69 Å². The van der Waals surface area contributed by atoms with Gasteiger partial charge in [-0.2, -0.15) is 0 Å². The second kappa shape index (κ2) is 5.58. The average molecular weight is 346 g/mol. The van der Waals surface area contributed by atoms with Crippen LogP contribution < -0.4 is 5.32 Å². The molecular weight excluding hydrogens is 330 g/mol. The molecule has 0 aliphatic heterocycles. The van der Waals surface area contributed by atoms with Gasteiger partial charge in [-0.1, -0.05) is 40.2 Å². The van der Waals surface area contributed by atoms with E-state index in [4.69, 9.17) is 0 Å². The molecule has 3 heteroatoms. The first-order valence-corrected chi connectivity index (χ1v) is 8.25. The molecule has 1 nitrogen and oxygen atoms in total. The van der Waals surface area contributed by atoms with Crippen molar-refractivity contribution in [3.05, 3.63) is 63.4 Å². The van der Waals surface area contributed by atoms with E-state index >= 15 is 0 Å². The zero-order valence-electron chi connectivity index (χ0n) is 11.5. The van der Waals surface area contributed by atoms with Crippen LogP contribution in [0.5, 0.6) is 0 Å². The Morgan fingerprint density at radius 1 is 1.10 bits per heavy atom. The monoisotopic (exact) mass is 345 g/mol. The van der Waals surface area contributed by atoms with Crippen LogP contribution >= 0.6 is 27.3 Å². The van der Waals surface area contributed by atoms with E-state index in [9.17, 15) is 0 Å². The number of fused-ring (bicyclic) bond motifs is 1. The van der Waals surface area contributed by atoms with E-state index < -0.39 is 0 Å². The van der Waals surface area contributed by atoms with E-state index in [2.05, 4.69) is 83.6 Å². The molecule has 20 heavy (non-hydrogen) atoms. The molecule has 1 unspecified atom stereocenters. The molecule has 3 aromatic rings. The van der Waals surface area contributed by atoms with Gasteiger partial charge in [0.05, 0.1) is 6.04 Å². The lowest BCUT2D eigenvalue weighted by molar-refractivity contribution is 0.906. The van der Waals surface area contributed by atoms with Crippen molar-refractivity contribution in [2.45, 2.75) is 19.9 Å². The lowest BCUT2D eigenvalue weighted by Crippen LogP contribution is -2.05. The predicted octanol–water partition coefficient (Wildman–Crippen LogP) is 6.15. The highest BCUT2D eigenvalue weighted by molar-refractivity contribution is 9.10. The normalized spacial score (nSPS) is 12.6. The summed E-state index contributed by atoms with van der Waals surface area (Å²) in [6.45, 7) is 4.34. The summed E-state index contributed by atoms with van der Waals surface area (Å²) < 4.78 is 2.45. The van der Waals surface area contributed by atoms with E-state index in [1.165, 1.54) is 26.2 Å². The summed E-state index contributed by atoms with van der Waals surface area (Å²) in [6.07, 6.45) is 0. The molecule has 1 aromatic heterocycles. The second-order valence-electron chi connectivity index (χ2n) is 5.01. The lowest BCUT2D eigenvalue weighted by Gasteiger charge is -2.16. The van der Waals surface area contributed by atoms with Crippen LogP contribution in [0.3, 0.4) is 0 Å². The Balaban J connectivity index is 1.88. The van der Waals surface area contributed by atoms with Gasteiger partial charge in [-0.05, 0) is 49.1 Å². The van der Waals surface area contributed by atoms with Gasteiger partial charge in [0, 0.05) is 19.7 Å². The van der Waals surface area contributed by atoms with Gasteiger partial charge in [-0.15, -0.1) is 11.3 Å². The number of aryl methyl sites for hydroxylation is 1. The van der Waals surface area contributed by atoms with E-state index in [1.54, 1.807) is 0 Å². The summed E-state index contributed by atoms with van der Waals surface area (Å²) in [7, 11) is 0. The van der Waals surface area contributed by atoms with Crippen molar-refractivity contribution < 1.29 is 0 Å². The fraction of sp³-hybridized carbons (Fsp3) is 0.176. The molecule has 0 amide bonds. The van der Waals surface area contributed by atoms with Crippen LogP contribution in [0.1, 0.15) is 23.4 Å². The Bertz CT molecular complexity index is 715. The van der Waals surface area contributed by atoms with Crippen molar-refractivity contribution in [1.82, 2.24) is 0 Å². The molecule has 102 valence electrons. The fourth-order valence-corrected chi connectivity index (χ4v) is 3.70. The highest BCUT2D eigenvalue weighted by Crippen LogP contribution is 2.32. The first-order chi connectivity index (χ1) is 9.63. The van der Waals surface area contributed by atoms with Crippen molar-refractivity contribution >= 4 is 43.0 Å². The van der Waals surface area contributed by atoms with E-state index in [0.717, 1.165) is 4.47 Å². The molecule has 3 rings (SSSR count). The summed E-state index contributed by atoms with van der Waals surface area (Å²) in [5.74, 6) is 0. The molecule has 0 saturated heterocycles. The maximum Gasteiger partial charge on any atom is 0.0579 e. The van der Waals surface area contributed by atoms with Crippen molar-refractivity contribution in [1.29, 1.82) is 0 Å². The molecule has 1 heterocycles. The Hall–Kier alpha value is -1.32. The maximum absolute atomic E-state index is 3.61. The molecule has 0 radical (unpaired) electrons. The van der Waals surface area contributed by atoms with Gasteiger partial charge in [-0.25, -0.2) is 0 Å². The summed E-state index contributed by atoms with van der Waals surface area (Å²) in [5.41, 5.74) is 2.45. The van der Waals surface area contributed by atoms with Crippen molar-refractivity contribution in [3.63, 3.8) is 0 Å². The second-order valence-corrected chi connectivity index (χ2v) is 7.04. The number of benzene rings is 2. The van der Waals surface area contributed by atoms with Crippen molar-refractivity contribution in [2.75, 3.05) is 5.32 Å². The topological polar surface area (TPSA) is 12.0 Å². The number of rotatable bonds is 3. The molecule has 0 spiro atoms. The number of nitrogens with one attached hydrogen (secondary N) is 1. The van der Waals surface area contributed by atoms with Gasteiger partial charge in [0.15, 0.2) is 0 Å². The Labute approximate surface area is 131 Å². The summed E-state index contributed by atoms with van der Waals surface area (Å²) in [4.78, 5) is 1.37. The fourth-order valence-electron chi connectivity index (χ4n) is 2.27. The minimum atomic E-state index is 0.306. The highest BCUT2D eigenvalue weighted by atomic mass is 79.9. The van der Waals surface area contributed by atoms with Crippen molar-refractivity contribution in [2.24, 2.45) is 0 Å². The van der Waals surface area contributed by atoms with Gasteiger partial charge >= 0.3 is 0 Å². The van der Waals surface area contributed by atoms with Crippen LogP contribution in [0.15, 0.2) is 53.0 Å². The summed E-state index contributed by atoms with van der Waals surface area (Å²) in [5, 5.41) is 4.93.